The third kappa shape index (κ3) is 3.82. The summed E-state index contributed by atoms with van der Waals surface area (Å²) in [6, 6.07) is 18.8. The van der Waals surface area contributed by atoms with Crippen LogP contribution >= 0.6 is 0 Å². The van der Waals surface area contributed by atoms with Gasteiger partial charge in [-0.25, -0.2) is 4.68 Å². The van der Waals surface area contributed by atoms with Crippen molar-refractivity contribution in [1.29, 1.82) is 0 Å². The summed E-state index contributed by atoms with van der Waals surface area (Å²) in [7, 11) is 1.56. The van der Waals surface area contributed by atoms with Crippen molar-refractivity contribution in [2.45, 2.75) is 13.8 Å². The third-order valence-corrected chi connectivity index (χ3v) is 4.72. The average molecular weight is 402 g/mol. The molecule has 152 valence electrons. The van der Waals surface area contributed by atoms with Crippen LogP contribution in [0.4, 0.5) is 5.69 Å². The zero-order valence-corrected chi connectivity index (χ0v) is 17.0. The Kier molecular flexibility index (Phi) is 5.34. The van der Waals surface area contributed by atoms with Gasteiger partial charge in [0.1, 0.15) is 5.75 Å². The average Bonchev–Trinajstić information content (AvgIpc) is 3.10. The van der Waals surface area contributed by atoms with Crippen molar-refractivity contribution in [3.8, 4) is 17.3 Å². The number of fused-ring (bicyclic) bond motifs is 1. The highest BCUT2D eigenvalue weighted by Gasteiger charge is 2.15. The van der Waals surface area contributed by atoms with Crippen molar-refractivity contribution in [3.05, 3.63) is 71.9 Å². The van der Waals surface area contributed by atoms with Gasteiger partial charge < -0.3 is 14.8 Å². The summed E-state index contributed by atoms with van der Waals surface area (Å²) in [6.45, 7) is 3.77. The molecule has 4 aromatic rings. The summed E-state index contributed by atoms with van der Waals surface area (Å²) < 4.78 is 12.7. The number of pyridine rings is 1. The van der Waals surface area contributed by atoms with E-state index >= 15 is 0 Å². The van der Waals surface area contributed by atoms with Crippen LogP contribution in [0.3, 0.4) is 0 Å². The van der Waals surface area contributed by atoms with E-state index in [2.05, 4.69) is 15.4 Å². The SMILES string of the molecule is COc1ccccc1NC(=O)COc1cc(C)c2c(C)nn(-c3ccccc3)c2n1. The molecule has 1 N–H and O–H groups in total. The molecule has 2 aromatic heterocycles. The number of amides is 1. The van der Waals surface area contributed by atoms with Crippen LogP contribution < -0.4 is 14.8 Å². The first-order chi connectivity index (χ1) is 14.6. The van der Waals surface area contributed by atoms with Crippen molar-refractivity contribution in [2.75, 3.05) is 19.0 Å². The maximum absolute atomic E-state index is 12.4. The van der Waals surface area contributed by atoms with E-state index in [4.69, 9.17) is 9.47 Å². The van der Waals surface area contributed by atoms with Crippen LogP contribution in [0.25, 0.3) is 16.7 Å². The van der Waals surface area contributed by atoms with Gasteiger partial charge in [-0.1, -0.05) is 30.3 Å². The van der Waals surface area contributed by atoms with Crippen LogP contribution in [0.5, 0.6) is 11.6 Å². The molecule has 0 bridgehead atoms. The van der Waals surface area contributed by atoms with Crippen LogP contribution in [-0.2, 0) is 4.79 Å². The molecule has 7 nitrogen and oxygen atoms in total. The van der Waals surface area contributed by atoms with E-state index in [1.54, 1.807) is 23.9 Å². The fourth-order valence-electron chi connectivity index (χ4n) is 3.37. The number of hydrogen-bond acceptors (Lipinski definition) is 5. The van der Waals surface area contributed by atoms with Gasteiger partial charge in [0, 0.05) is 11.5 Å². The molecule has 0 aliphatic heterocycles. The third-order valence-electron chi connectivity index (χ3n) is 4.72. The number of rotatable bonds is 6. The van der Waals surface area contributed by atoms with E-state index in [9.17, 15) is 4.79 Å². The first-order valence-corrected chi connectivity index (χ1v) is 9.55. The largest absolute Gasteiger partial charge is 0.495 e. The number of methoxy groups -OCH3 is 1. The van der Waals surface area contributed by atoms with Crippen LogP contribution in [0.15, 0.2) is 60.7 Å². The predicted octanol–water partition coefficient (Wildman–Crippen LogP) is 4.06. The normalized spacial score (nSPS) is 10.8. The zero-order valence-electron chi connectivity index (χ0n) is 17.0. The highest BCUT2D eigenvalue weighted by Crippen LogP contribution is 2.27. The molecule has 0 atom stereocenters. The molecular formula is C23H22N4O3. The maximum atomic E-state index is 12.4. The highest BCUT2D eigenvalue weighted by molar-refractivity contribution is 5.93. The van der Waals surface area contributed by atoms with Gasteiger partial charge in [-0.2, -0.15) is 10.1 Å². The molecule has 2 heterocycles. The van der Waals surface area contributed by atoms with Crippen molar-refractivity contribution < 1.29 is 14.3 Å². The van der Waals surface area contributed by atoms with E-state index in [1.807, 2.05) is 62.4 Å². The lowest BCUT2D eigenvalue weighted by Crippen LogP contribution is -2.20. The standard InChI is InChI=1S/C23H22N4O3/c1-15-13-21(30-14-20(28)24-18-11-7-8-12-19(18)29-3)25-23-22(15)16(2)26-27(23)17-9-5-4-6-10-17/h4-13H,14H2,1-3H3,(H,24,28). The lowest BCUT2D eigenvalue weighted by molar-refractivity contribution is -0.118. The Labute approximate surface area is 174 Å². The quantitative estimate of drug-likeness (QED) is 0.526. The van der Waals surface area contributed by atoms with Crippen LogP contribution in [-0.4, -0.2) is 34.4 Å². The highest BCUT2D eigenvalue weighted by atomic mass is 16.5. The number of carbonyl (C=O) groups excluding carboxylic acids is 1. The van der Waals surface area contributed by atoms with Crippen molar-refractivity contribution in [3.63, 3.8) is 0 Å². The van der Waals surface area contributed by atoms with Crippen molar-refractivity contribution in [1.82, 2.24) is 14.8 Å². The van der Waals surface area contributed by atoms with Gasteiger partial charge in [0.25, 0.3) is 5.91 Å². The van der Waals surface area contributed by atoms with Crippen LogP contribution in [0.1, 0.15) is 11.3 Å². The summed E-state index contributed by atoms with van der Waals surface area (Å²) in [5.74, 6) is 0.655. The van der Waals surface area contributed by atoms with Gasteiger partial charge in [-0.3, -0.25) is 4.79 Å². The van der Waals surface area contributed by atoms with E-state index in [-0.39, 0.29) is 12.5 Å². The summed E-state index contributed by atoms with van der Waals surface area (Å²) in [5, 5.41) is 8.40. The molecule has 0 saturated carbocycles. The Bertz CT molecular complexity index is 1200. The van der Waals surface area contributed by atoms with Gasteiger partial charge in [0.15, 0.2) is 12.3 Å². The predicted molar refractivity (Wildman–Crippen MR) is 115 cm³/mol. The Morgan fingerprint density at radius 3 is 2.57 bits per heavy atom. The van der Waals surface area contributed by atoms with E-state index in [0.29, 0.717) is 23.0 Å². The second kappa shape index (κ2) is 8.24. The minimum atomic E-state index is -0.299. The molecular weight excluding hydrogens is 380 g/mol. The Morgan fingerprint density at radius 1 is 1.07 bits per heavy atom. The molecule has 0 aliphatic carbocycles. The first kappa shape index (κ1) is 19.4. The molecule has 2 aromatic carbocycles. The molecule has 0 unspecified atom stereocenters. The number of ether oxygens (including phenoxy) is 2. The second-order valence-electron chi connectivity index (χ2n) is 6.85. The number of aromatic nitrogens is 3. The van der Waals surface area contributed by atoms with Crippen LogP contribution in [0.2, 0.25) is 0 Å². The molecule has 0 saturated heterocycles. The van der Waals surface area contributed by atoms with Gasteiger partial charge in [0.2, 0.25) is 5.88 Å². The molecule has 1 amide bonds. The molecule has 0 fully saturated rings. The van der Waals surface area contributed by atoms with Gasteiger partial charge in [-0.15, -0.1) is 0 Å². The fourth-order valence-corrected chi connectivity index (χ4v) is 3.37. The number of anilines is 1. The lowest BCUT2D eigenvalue weighted by Gasteiger charge is -2.11. The van der Waals surface area contributed by atoms with Crippen LogP contribution in [0, 0.1) is 13.8 Å². The summed E-state index contributed by atoms with van der Waals surface area (Å²) >= 11 is 0. The molecule has 0 aliphatic rings. The second-order valence-corrected chi connectivity index (χ2v) is 6.85. The molecule has 0 radical (unpaired) electrons. The summed E-state index contributed by atoms with van der Waals surface area (Å²) in [4.78, 5) is 17.0. The smallest absolute Gasteiger partial charge is 0.262 e. The van der Waals surface area contributed by atoms with E-state index < -0.39 is 0 Å². The number of nitrogens with zero attached hydrogens (tertiary/aromatic N) is 3. The van der Waals surface area contributed by atoms with E-state index in [1.165, 1.54) is 0 Å². The summed E-state index contributed by atoms with van der Waals surface area (Å²) in [6.07, 6.45) is 0. The van der Waals surface area contributed by atoms with Gasteiger partial charge in [0.05, 0.1) is 24.2 Å². The Hall–Kier alpha value is -3.87. The zero-order chi connectivity index (χ0) is 21.1. The topological polar surface area (TPSA) is 78.3 Å². The molecule has 0 spiro atoms. The Balaban J connectivity index is 1.57. The number of hydrogen-bond donors (Lipinski definition) is 1. The lowest BCUT2D eigenvalue weighted by atomic mass is 10.2. The molecule has 7 heteroatoms. The molecule has 30 heavy (non-hydrogen) atoms. The first-order valence-electron chi connectivity index (χ1n) is 9.55. The van der Waals surface area contributed by atoms with Crippen molar-refractivity contribution in [2.24, 2.45) is 0 Å². The summed E-state index contributed by atoms with van der Waals surface area (Å²) in [5.41, 5.74) is 4.07. The molecule has 4 rings (SSSR count). The van der Waals surface area contributed by atoms with E-state index in [0.717, 1.165) is 22.3 Å². The van der Waals surface area contributed by atoms with Gasteiger partial charge in [-0.05, 0) is 43.7 Å². The number of aryl methyl sites for hydroxylation is 2. The fraction of sp³-hybridized carbons (Fsp3) is 0.174. The monoisotopic (exact) mass is 402 g/mol. The number of nitrogens with one attached hydrogen (secondary N) is 1. The number of carbonyl (C=O) groups is 1. The van der Waals surface area contributed by atoms with Crippen molar-refractivity contribution >= 4 is 22.6 Å². The maximum Gasteiger partial charge on any atom is 0.262 e. The minimum Gasteiger partial charge on any atom is -0.495 e. The minimum absolute atomic E-state index is 0.172. The number of para-hydroxylation sites is 3. The Morgan fingerprint density at radius 2 is 1.80 bits per heavy atom. The van der Waals surface area contributed by atoms with Gasteiger partial charge >= 0.3 is 0 Å². The number of benzene rings is 2.